The number of carbonyl (C=O) groups excluding carboxylic acids is 1. The summed E-state index contributed by atoms with van der Waals surface area (Å²) in [5, 5.41) is 18.4. The van der Waals surface area contributed by atoms with Crippen molar-refractivity contribution in [3.05, 3.63) is 34.3 Å². The number of carboxylic acid groups (broad SMARTS) is 1. The molecule has 0 aromatic heterocycles. The molecule has 202 valence electrons. The van der Waals surface area contributed by atoms with Crippen LogP contribution in [-0.2, 0) is 9.47 Å². The van der Waals surface area contributed by atoms with Gasteiger partial charge in [0.2, 0.25) is 0 Å². The van der Waals surface area contributed by atoms with Gasteiger partial charge in [0.25, 0.3) is 0 Å². The van der Waals surface area contributed by atoms with Crippen molar-refractivity contribution in [2.24, 2.45) is 11.8 Å². The van der Waals surface area contributed by atoms with Gasteiger partial charge in [-0.05, 0) is 75.3 Å². The van der Waals surface area contributed by atoms with Gasteiger partial charge in [-0.15, -0.1) is 0 Å². The van der Waals surface area contributed by atoms with Crippen molar-refractivity contribution in [3.63, 3.8) is 0 Å². The first-order valence-electron chi connectivity index (χ1n) is 13.0. The van der Waals surface area contributed by atoms with E-state index in [2.05, 4.69) is 16.0 Å². The van der Waals surface area contributed by atoms with Crippen molar-refractivity contribution in [2.75, 3.05) is 53.0 Å². The van der Waals surface area contributed by atoms with Crippen LogP contribution in [0, 0.1) is 18.8 Å². The van der Waals surface area contributed by atoms with Crippen molar-refractivity contribution in [3.8, 4) is 0 Å². The second-order valence-electron chi connectivity index (χ2n) is 9.87. The Kier molecular flexibility index (Phi) is 11.6. The summed E-state index contributed by atoms with van der Waals surface area (Å²) in [5.74, 6) is 0.638. The largest absolute Gasteiger partial charge is 0.465 e. The molecule has 0 bridgehead atoms. The second kappa shape index (κ2) is 14.6. The minimum absolute atomic E-state index is 0.0406. The summed E-state index contributed by atoms with van der Waals surface area (Å²) in [4.78, 5) is 26.1. The molecular formula is C26H41ClN4O5. The molecule has 2 fully saturated rings. The van der Waals surface area contributed by atoms with Crippen LogP contribution in [0.1, 0.15) is 49.3 Å². The van der Waals surface area contributed by atoms with E-state index in [1.165, 1.54) is 0 Å². The summed E-state index contributed by atoms with van der Waals surface area (Å²) in [6.07, 6.45) is 3.44. The summed E-state index contributed by atoms with van der Waals surface area (Å²) in [7, 11) is 1.91. The third-order valence-electron chi connectivity index (χ3n) is 7.13. The fourth-order valence-electron chi connectivity index (χ4n) is 5.27. The van der Waals surface area contributed by atoms with E-state index in [4.69, 9.17) is 26.2 Å². The highest BCUT2D eigenvalue weighted by atomic mass is 35.5. The average molecular weight is 525 g/mol. The predicted molar refractivity (Wildman–Crippen MR) is 140 cm³/mol. The number of hydrogen-bond acceptors (Lipinski definition) is 5. The van der Waals surface area contributed by atoms with Gasteiger partial charge in [-0.3, -0.25) is 0 Å². The minimum Gasteiger partial charge on any atom is -0.465 e. The highest BCUT2D eigenvalue weighted by molar-refractivity contribution is 6.30. The lowest BCUT2D eigenvalue weighted by Gasteiger charge is -2.38. The fraction of sp³-hybridized carbons (Fsp3) is 0.692. The number of benzene rings is 1. The lowest BCUT2D eigenvalue weighted by molar-refractivity contribution is -0.00889. The monoisotopic (exact) mass is 524 g/mol. The predicted octanol–water partition coefficient (Wildman–Crippen LogP) is 3.80. The van der Waals surface area contributed by atoms with E-state index >= 15 is 0 Å². The molecule has 3 amide bonds. The first-order valence-corrected chi connectivity index (χ1v) is 13.4. The van der Waals surface area contributed by atoms with Gasteiger partial charge in [-0.25, -0.2) is 9.59 Å². The zero-order valence-electron chi connectivity index (χ0n) is 21.4. The van der Waals surface area contributed by atoms with Crippen LogP contribution in [0.15, 0.2) is 18.2 Å². The van der Waals surface area contributed by atoms with E-state index < -0.39 is 6.09 Å². The molecule has 3 atom stereocenters. The quantitative estimate of drug-likeness (QED) is 0.328. The van der Waals surface area contributed by atoms with E-state index in [9.17, 15) is 9.59 Å². The number of nitrogens with zero attached hydrogens (tertiary/aromatic N) is 1. The van der Waals surface area contributed by atoms with Gasteiger partial charge in [0.05, 0.1) is 12.7 Å². The molecule has 0 aliphatic carbocycles. The van der Waals surface area contributed by atoms with Crippen LogP contribution >= 0.6 is 11.6 Å². The van der Waals surface area contributed by atoms with Gasteiger partial charge in [-0.2, -0.15) is 0 Å². The molecule has 2 aliphatic heterocycles. The molecule has 2 heterocycles. The Morgan fingerprint density at radius 2 is 2.06 bits per heavy atom. The van der Waals surface area contributed by atoms with Gasteiger partial charge in [-0.1, -0.05) is 17.7 Å². The Hall–Kier alpha value is -2.07. The Morgan fingerprint density at radius 1 is 1.28 bits per heavy atom. The molecule has 1 aromatic carbocycles. The van der Waals surface area contributed by atoms with E-state index in [0.29, 0.717) is 24.0 Å². The number of halogens is 1. The third-order valence-corrected chi connectivity index (χ3v) is 7.37. The zero-order valence-corrected chi connectivity index (χ0v) is 22.2. The SMILES string of the molecule is CNC[C@H](CC1CCOCC1)NC(=O)N1CCC[C@@H]([C@@H](OCCNC(=O)O)c2cc(Cl)ccc2C)C1. The Bertz CT molecular complexity index is 852. The Balaban J connectivity index is 1.66. The van der Waals surface area contributed by atoms with Gasteiger partial charge >= 0.3 is 12.1 Å². The Labute approximate surface area is 219 Å². The molecule has 0 saturated carbocycles. The first-order chi connectivity index (χ1) is 17.4. The fourth-order valence-corrected chi connectivity index (χ4v) is 5.45. The van der Waals surface area contributed by atoms with Gasteiger partial charge in [0, 0.05) is 56.4 Å². The maximum Gasteiger partial charge on any atom is 0.404 e. The van der Waals surface area contributed by atoms with Crippen LogP contribution in [0.4, 0.5) is 9.59 Å². The molecule has 0 spiro atoms. The van der Waals surface area contributed by atoms with Crippen molar-refractivity contribution in [1.29, 1.82) is 0 Å². The molecule has 9 nitrogen and oxygen atoms in total. The zero-order chi connectivity index (χ0) is 25.9. The number of aryl methyl sites for hydroxylation is 1. The number of likely N-dealkylation sites (tertiary alicyclic amines) is 1. The molecular weight excluding hydrogens is 484 g/mol. The van der Waals surface area contributed by atoms with Crippen LogP contribution in [-0.4, -0.2) is 81.2 Å². The maximum absolute atomic E-state index is 13.3. The summed E-state index contributed by atoms with van der Waals surface area (Å²) in [6, 6.07) is 5.76. The topological polar surface area (TPSA) is 112 Å². The number of ether oxygens (including phenoxy) is 2. The number of carbonyl (C=O) groups is 2. The van der Waals surface area contributed by atoms with E-state index in [1.54, 1.807) is 0 Å². The van der Waals surface area contributed by atoms with Crippen molar-refractivity contribution in [1.82, 2.24) is 20.9 Å². The first kappa shape index (κ1) is 28.5. The molecule has 2 saturated heterocycles. The van der Waals surface area contributed by atoms with Crippen LogP contribution in [0.3, 0.4) is 0 Å². The van der Waals surface area contributed by atoms with Gasteiger partial charge in [0.15, 0.2) is 0 Å². The molecule has 4 N–H and O–H groups in total. The number of amides is 3. The maximum atomic E-state index is 13.3. The lowest BCUT2D eigenvalue weighted by atomic mass is 9.86. The molecule has 1 aromatic rings. The van der Waals surface area contributed by atoms with E-state index in [0.717, 1.165) is 63.0 Å². The number of hydrogen-bond donors (Lipinski definition) is 4. The van der Waals surface area contributed by atoms with E-state index in [1.807, 2.05) is 37.1 Å². The lowest BCUT2D eigenvalue weighted by Crippen LogP contribution is -2.52. The van der Waals surface area contributed by atoms with Crippen LogP contribution in [0.5, 0.6) is 0 Å². The van der Waals surface area contributed by atoms with E-state index in [-0.39, 0.29) is 37.2 Å². The molecule has 0 unspecified atom stereocenters. The second-order valence-corrected chi connectivity index (χ2v) is 10.3. The highest BCUT2D eigenvalue weighted by Crippen LogP contribution is 2.35. The van der Waals surface area contributed by atoms with Gasteiger partial charge < -0.3 is 35.4 Å². The average Bonchev–Trinajstić information content (AvgIpc) is 2.86. The standard InChI is InChI=1S/C26H41ClN4O5/c1-18-5-6-21(27)15-23(18)24(36-13-9-29-26(33)34)20-4-3-10-31(17-20)25(32)30-22(16-28-2)14-19-7-11-35-12-8-19/h5-6,15,19-20,22,24,28-29H,3-4,7-14,16-17H2,1-2H3,(H,30,32)(H,33,34)/t20-,22+,24-/m1/s1. The number of likely N-dealkylation sites (N-methyl/N-ethyl adjacent to an activating group) is 1. The molecule has 3 rings (SSSR count). The summed E-state index contributed by atoms with van der Waals surface area (Å²) in [6.45, 7) is 6.04. The van der Waals surface area contributed by atoms with Crippen molar-refractivity contribution in [2.45, 2.75) is 51.2 Å². The summed E-state index contributed by atoms with van der Waals surface area (Å²) < 4.78 is 11.7. The van der Waals surface area contributed by atoms with Crippen molar-refractivity contribution >= 4 is 23.7 Å². The normalized spacial score (nSPS) is 20.5. The molecule has 0 radical (unpaired) electrons. The number of rotatable bonds is 11. The van der Waals surface area contributed by atoms with Crippen LogP contribution in [0.2, 0.25) is 5.02 Å². The van der Waals surface area contributed by atoms with Crippen molar-refractivity contribution < 1.29 is 24.2 Å². The minimum atomic E-state index is -1.08. The number of nitrogens with one attached hydrogen (secondary N) is 3. The third kappa shape index (κ3) is 8.80. The van der Waals surface area contributed by atoms with Crippen LogP contribution < -0.4 is 16.0 Å². The van der Waals surface area contributed by atoms with Crippen LogP contribution in [0.25, 0.3) is 0 Å². The highest BCUT2D eigenvalue weighted by Gasteiger charge is 2.33. The Morgan fingerprint density at radius 3 is 2.78 bits per heavy atom. The molecule has 2 aliphatic rings. The summed E-state index contributed by atoms with van der Waals surface area (Å²) in [5.41, 5.74) is 2.04. The summed E-state index contributed by atoms with van der Waals surface area (Å²) >= 11 is 6.31. The number of urea groups is 1. The van der Waals surface area contributed by atoms with Gasteiger partial charge in [0.1, 0.15) is 0 Å². The molecule has 36 heavy (non-hydrogen) atoms. The molecule has 10 heteroatoms. The smallest absolute Gasteiger partial charge is 0.404 e. The number of piperidine rings is 1.